The summed E-state index contributed by atoms with van der Waals surface area (Å²) in [4.78, 5) is 17.1. The molecule has 3 heterocycles. The van der Waals surface area contributed by atoms with E-state index in [1.165, 1.54) is 17.8 Å². The molecule has 1 atom stereocenters. The van der Waals surface area contributed by atoms with Crippen LogP contribution < -0.4 is 10.0 Å². The molecule has 1 fully saturated rings. The van der Waals surface area contributed by atoms with E-state index in [-0.39, 0.29) is 35.8 Å². The van der Waals surface area contributed by atoms with Crippen molar-refractivity contribution in [2.75, 3.05) is 26.2 Å². The average molecular weight is 425 g/mol. The molecule has 2 aliphatic heterocycles. The van der Waals surface area contributed by atoms with E-state index in [0.29, 0.717) is 5.69 Å². The number of benzene rings is 1. The summed E-state index contributed by atoms with van der Waals surface area (Å²) in [5, 5.41) is 3.36. The van der Waals surface area contributed by atoms with Gasteiger partial charge < -0.3 is 15.2 Å². The van der Waals surface area contributed by atoms with Crippen LogP contribution in [-0.4, -0.2) is 50.4 Å². The number of aromatic nitrogens is 1. The number of carbonyl (C=O) groups excluding carboxylic acids is 1. The highest BCUT2D eigenvalue weighted by molar-refractivity contribution is 7.89. The number of aromatic amines is 1. The molecule has 0 spiro atoms. The predicted molar refractivity (Wildman–Crippen MR) is 109 cm³/mol. The quantitative estimate of drug-likeness (QED) is 0.682. The van der Waals surface area contributed by atoms with Gasteiger partial charge in [0.1, 0.15) is 10.6 Å². The first-order valence-electron chi connectivity index (χ1n) is 9.33. The van der Waals surface area contributed by atoms with Crippen LogP contribution in [0.2, 0.25) is 0 Å². The zero-order valence-electron chi connectivity index (χ0n) is 15.5. The summed E-state index contributed by atoms with van der Waals surface area (Å²) in [5.74, 6) is -0.142. The summed E-state index contributed by atoms with van der Waals surface area (Å²) in [6.45, 7) is 2.54. The van der Waals surface area contributed by atoms with Crippen molar-refractivity contribution in [3.05, 3.63) is 53.3 Å². The Kier molecular flexibility index (Phi) is 6.44. The van der Waals surface area contributed by atoms with Crippen LogP contribution in [0, 0.1) is 0 Å². The fourth-order valence-corrected chi connectivity index (χ4v) is 4.83. The summed E-state index contributed by atoms with van der Waals surface area (Å²) < 4.78 is 28.0. The third-order valence-electron chi connectivity index (χ3n) is 5.28. The Labute approximate surface area is 171 Å². The molecule has 3 N–H and O–H groups in total. The Balaban J connectivity index is 0.00000225. The van der Waals surface area contributed by atoms with E-state index in [1.807, 2.05) is 18.2 Å². The van der Waals surface area contributed by atoms with Gasteiger partial charge in [0, 0.05) is 31.9 Å². The largest absolute Gasteiger partial charge is 0.356 e. The minimum atomic E-state index is -3.69. The van der Waals surface area contributed by atoms with Crippen molar-refractivity contribution < 1.29 is 13.2 Å². The lowest BCUT2D eigenvalue weighted by molar-refractivity contribution is 0.0787. The molecule has 0 bridgehead atoms. The number of nitrogens with zero attached hydrogens (tertiary/aromatic N) is 1. The molecule has 2 aliphatic rings. The van der Waals surface area contributed by atoms with E-state index in [1.54, 1.807) is 4.90 Å². The maximum Gasteiger partial charge on any atom is 0.270 e. The molecule has 152 valence electrons. The second-order valence-electron chi connectivity index (χ2n) is 7.06. The zero-order valence-corrected chi connectivity index (χ0v) is 17.1. The van der Waals surface area contributed by atoms with Gasteiger partial charge in [-0.3, -0.25) is 4.79 Å². The van der Waals surface area contributed by atoms with E-state index >= 15 is 0 Å². The van der Waals surface area contributed by atoms with E-state index < -0.39 is 10.0 Å². The molecule has 1 unspecified atom stereocenters. The number of halogens is 1. The van der Waals surface area contributed by atoms with Crippen LogP contribution >= 0.6 is 12.4 Å². The number of carbonyl (C=O) groups is 1. The summed E-state index contributed by atoms with van der Waals surface area (Å²) in [6.07, 6.45) is 4.32. The van der Waals surface area contributed by atoms with Crippen molar-refractivity contribution in [2.45, 2.75) is 30.2 Å². The standard InChI is InChI=1S/C19H24N4O3S.ClH/c24-19(23-9-3-4-10-23)17-11-15(12-21-17)27(25,26)22-13-18-16-6-2-1-5-14(16)7-8-20-18;/h1-2,5-6,11-12,18,20-22H,3-4,7-10,13H2;1H. The minimum absolute atomic E-state index is 0. The van der Waals surface area contributed by atoms with Gasteiger partial charge in [-0.1, -0.05) is 24.3 Å². The summed E-state index contributed by atoms with van der Waals surface area (Å²) >= 11 is 0. The van der Waals surface area contributed by atoms with E-state index in [2.05, 4.69) is 21.1 Å². The second-order valence-corrected chi connectivity index (χ2v) is 8.82. The van der Waals surface area contributed by atoms with Crippen LogP contribution in [-0.2, 0) is 16.4 Å². The number of hydrogen-bond acceptors (Lipinski definition) is 4. The average Bonchev–Trinajstić information content (AvgIpc) is 3.38. The van der Waals surface area contributed by atoms with Crippen LogP contribution in [0.5, 0.6) is 0 Å². The molecule has 0 radical (unpaired) electrons. The van der Waals surface area contributed by atoms with Gasteiger partial charge in [0.25, 0.3) is 5.91 Å². The smallest absolute Gasteiger partial charge is 0.270 e. The fourth-order valence-electron chi connectivity index (χ4n) is 3.80. The van der Waals surface area contributed by atoms with Gasteiger partial charge >= 0.3 is 0 Å². The summed E-state index contributed by atoms with van der Waals surface area (Å²) in [5.41, 5.74) is 2.70. The zero-order chi connectivity index (χ0) is 18.9. The third-order valence-corrected chi connectivity index (χ3v) is 6.69. The first-order valence-corrected chi connectivity index (χ1v) is 10.8. The van der Waals surface area contributed by atoms with E-state index in [9.17, 15) is 13.2 Å². The first-order chi connectivity index (χ1) is 13.0. The number of hydrogen-bond donors (Lipinski definition) is 3. The lowest BCUT2D eigenvalue weighted by Gasteiger charge is -2.27. The Morgan fingerprint density at radius 3 is 2.75 bits per heavy atom. The molecule has 7 nitrogen and oxygen atoms in total. The normalized spacial score (nSPS) is 19.1. The van der Waals surface area contributed by atoms with E-state index in [0.717, 1.165) is 44.5 Å². The van der Waals surface area contributed by atoms with Crippen LogP contribution in [0.15, 0.2) is 41.4 Å². The van der Waals surface area contributed by atoms with Crippen molar-refractivity contribution in [2.24, 2.45) is 0 Å². The molecule has 1 aromatic carbocycles. The molecule has 0 aliphatic carbocycles. The maximum atomic E-state index is 12.7. The predicted octanol–water partition coefficient (Wildman–Crippen LogP) is 1.84. The van der Waals surface area contributed by atoms with Crippen molar-refractivity contribution in [3.63, 3.8) is 0 Å². The van der Waals surface area contributed by atoms with Crippen LogP contribution in [0.4, 0.5) is 0 Å². The lowest BCUT2D eigenvalue weighted by Crippen LogP contribution is -2.38. The Morgan fingerprint density at radius 2 is 1.96 bits per heavy atom. The van der Waals surface area contributed by atoms with Gasteiger partial charge in [0.2, 0.25) is 10.0 Å². The number of likely N-dealkylation sites (tertiary alicyclic amines) is 1. The molecule has 1 saturated heterocycles. The molecular weight excluding hydrogens is 400 g/mol. The summed E-state index contributed by atoms with van der Waals surface area (Å²) in [6, 6.07) is 9.45. The SMILES string of the molecule is Cl.O=C(c1cc(S(=O)(=O)NCC2NCCc3ccccc32)c[nH]1)N1CCCC1. The number of fused-ring (bicyclic) bond motifs is 1. The van der Waals surface area contributed by atoms with Crippen molar-refractivity contribution in [1.82, 2.24) is 19.9 Å². The monoisotopic (exact) mass is 424 g/mol. The molecule has 0 saturated carbocycles. The van der Waals surface area contributed by atoms with Gasteiger partial charge in [0.05, 0.1) is 0 Å². The second kappa shape index (κ2) is 8.65. The van der Waals surface area contributed by atoms with Crippen molar-refractivity contribution in [3.8, 4) is 0 Å². The first kappa shape index (κ1) is 20.9. The van der Waals surface area contributed by atoms with Gasteiger partial charge in [-0.05, 0) is 43.0 Å². The molecule has 1 aromatic heterocycles. The fraction of sp³-hybridized carbons (Fsp3) is 0.421. The van der Waals surface area contributed by atoms with E-state index in [4.69, 9.17) is 0 Å². The molecule has 4 rings (SSSR count). The molecule has 2 aromatic rings. The Morgan fingerprint density at radius 1 is 1.21 bits per heavy atom. The third kappa shape index (κ3) is 4.25. The van der Waals surface area contributed by atoms with Gasteiger partial charge in [-0.25, -0.2) is 13.1 Å². The van der Waals surface area contributed by atoms with Crippen LogP contribution in [0.1, 0.15) is 40.5 Å². The van der Waals surface area contributed by atoms with Crippen molar-refractivity contribution >= 4 is 28.3 Å². The van der Waals surface area contributed by atoms with Crippen LogP contribution in [0.25, 0.3) is 0 Å². The topological polar surface area (TPSA) is 94.3 Å². The molecule has 9 heteroatoms. The lowest BCUT2D eigenvalue weighted by atomic mass is 9.95. The number of rotatable bonds is 5. The number of H-pyrrole nitrogens is 1. The number of sulfonamides is 1. The minimum Gasteiger partial charge on any atom is -0.356 e. The molecule has 1 amide bonds. The highest BCUT2D eigenvalue weighted by Crippen LogP contribution is 2.23. The highest BCUT2D eigenvalue weighted by atomic mass is 35.5. The molecular formula is C19H25ClN4O3S. The summed E-state index contributed by atoms with van der Waals surface area (Å²) in [7, 11) is -3.69. The van der Waals surface area contributed by atoms with Gasteiger partial charge in [-0.2, -0.15) is 0 Å². The van der Waals surface area contributed by atoms with Gasteiger partial charge in [0.15, 0.2) is 0 Å². The van der Waals surface area contributed by atoms with Gasteiger partial charge in [-0.15, -0.1) is 12.4 Å². The molecule has 28 heavy (non-hydrogen) atoms. The number of nitrogens with one attached hydrogen (secondary N) is 3. The Bertz CT molecular complexity index is 938. The highest BCUT2D eigenvalue weighted by Gasteiger charge is 2.25. The Hall–Kier alpha value is -1.87. The number of amides is 1. The van der Waals surface area contributed by atoms with Crippen molar-refractivity contribution in [1.29, 1.82) is 0 Å². The maximum absolute atomic E-state index is 12.7. The van der Waals surface area contributed by atoms with Crippen LogP contribution in [0.3, 0.4) is 0 Å².